The average molecular weight is 214 g/mol. The van der Waals surface area contributed by atoms with Crippen LogP contribution in [-0.4, -0.2) is 37.6 Å². The van der Waals surface area contributed by atoms with Crippen LogP contribution in [0.15, 0.2) is 0 Å². The highest BCUT2D eigenvalue weighted by molar-refractivity contribution is 4.71. The van der Waals surface area contributed by atoms with Crippen LogP contribution >= 0.6 is 0 Å². The van der Waals surface area contributed by atoms with Crippen molar-refractivity contribution < 1.29 is 0 Å². The van der Waals surface area contributed by atoms with Gasteiger partial charge >= 0.3 is 0 Å². The van der Waals surface area contributed by atoms with Crippen molar-refractivity contribution in [1.82, 2.24) is 10.2 Å². The number of unbranched alkanes of at least 4 members (excludes halogenated alkanes) is 1. The van der Waals surface area contributed by atoms with E-state index in [4.69, 9.17) is 0 Å². The smallest absolute Gasteiger partial charge is 0.0102 e. The lowest BCUT2D eigenvalue weighted by atomic mass is 10.0. The summed E-state index contributed by atoms with van der Waals surface area (Å²) in [6.07, 6.45) is 3.84. The molecule has 2 atom stereocenters. The van der Waals surface area contributed by atoms with Crippen molar-refractivity contribution in [3.05, 3.63) is 0 Å². The average Bonchev–Trinajstić information content (AvgIpc) is 2.24. The highest BCUT2D eigenvalue weighted by atomic mass is 15.1. The second-order valence-electron chi connectivity index (χ2n) is 4.76. The molecule has 0 radical (unpaired) electrons. The number of rotatable bonds is 9. The normalized spacial score (nSPS) is 15.6. The Kier molecular flexibility index (Phi) is 9.12. The first-order chi connectivity index (χ1) is 7.13. The van der Waals surface area contributed by atoms with Crippen LogP contribution in [0, 0.1) is 5.92 Å². The Morgan fingerprint density at radius 1 is 1.13 bits per heavy atom. The van der Waals surface area contributed by atoms with Gasteiger partial charge in [-0.1, -0.05) is 27.2 Å². The molecule has 0 aliphatic rings. The molecule has 2 heteroatoms. The van der Waals surface area contributed by atoms with E-state index in [1.54, 1.807) is 0 Å². The lowest BCUT2D eigenvalue weighted by molar-refractivity contribution is 0.194. The number of nitrogens with one attached hydrogen (secondary N) is 1. The Labute approximate surface area is 96.4 Å². The van der Waals surface area contributed by atoms with Gasteiger partial charge in [-0.15, -0.1) is 0 Å². The minimum atomic E-state index is 0.681. The molecule has 92 valence electrons. The quantitative estimate of drug-likeness (QED) is 0.594. The summed E-state index contributed by atoms with van der Waals surface area (Å²) < 4.78 is 0. The van der Waals surface area contributed by atoms with Gasteiger partial charge in [-0.25, -0.2) is 0 Å². The number of hydrogen-bond donors (Lipinski definition) is 1. The fraction of sp³-hybridized carbons (Fsp3) is 1.00. The van der Waals surface area contributed by atoms with Crippen LogP contribution in [0.1, 0.15) is 47.0 Å². The Morgan fingerprint density at radius 3 is 2.33 bits per heavy atom. The van der Waals surface area contributed by atoms with Crippen LogP contribution in [0.3, 0.4) is 0 Å². The van der Waals surface area contributed by atoms with Gasteiger partial charge in [-0.2, -0.15) is 0 Å². The molecule has 0 amide bonds. The molecule has 15 heavy (non-hydrogen) atoms. The van der Waals surface area contributed by atoms with Crippen molar-refractivity contribution in [2.75, 3.05) is 26.7 Å². The van der Waals surface area contributed by atoms with Crippen LogP contribution in [0.2, 0.25) is 0 Å². The summed E-state index contributed by atoms with van der Waals surface area (Å²) in [5.74, 6) is 0.735. The third kappa shape index (κ3) is 6.91. The Morgan fingerprint density at radius 2 is 1.80 bits per heavy atom. The summed E-state index contributed by atoms with van der Waals surface area (Å²) >= 11 is 0. The van der Waals surface area contributed by atoms with E-state index in [2.05, 4.69) is 45.0 Å². The van der Waals surface area contributed by atoms with Crippen molar-refractivity contribution >= 4 is 0 Å². The minimum absolute atomic E-state index is 0.681. The van der Waals surface area contributed by atoms with Gasteiger partial charge in [0.05, 0.1) is 0 Å². The van der Waals surface area contributed by atoms with E-state index in [0.29, 0.717) is 6.04 Å². The van der Waals surface area contributed by atoms with Crippen molar-refractivity contribution in [3.8, 4) is 0 Å². The Balaban J connectivity index is 3.69. The molecule has 0 rings (SSSR count). The maximum Gasteiger partial charge on any atom is 0.0102 e. The van der Waals surface area contributed by atoms with E-state index in [1.165, 1.54) is 25.8 Å². The van der Waals surface area contributed by atoms with Gasteiger partial charge < -0.3 is 10.2 Å². The number of nitrogens with zero attached hydrogens (tertiary/aromatic N) is 1. The van der Waals surface area contributed by atoms with Gasteiger partial charge in [0.2, 0.25) is 0 Å². The maximum absolute atomic E-state index is 3.50. The standard InChI is InChI=1S/C13H30N2/c1-6-8-10-15(5)13(4)12(3)11-14-9-7-2/h12-14H,6-11H2,1-5H3. The molecule has 1 N–H and O–H groups in total. The predicted octanol–water partition coefficient (Wildman–Crippen LogP) is 2.74. The molecule has 0 saturated heterocycles. The van der Waals surface area contributed by atoms with Gasteiger partial charge in [-0.05, 0) is 52.4 Å². The molecular formula is C13H30N2. The fourth-order valence-corrected chi connectivity index (χ4v) is 1.72. The largest absolute Gasteiger partial charge is 0.316 e. The van der Waals surface area contributed by atoms with Crippen LogP contribution in [0.25, 0.3) is 0 Å². The van der Waals surface area contributed by atoms with Crippen molar-refractivity contribution in [1.29, 1.82) is 0 Å². The molecule has 0 spiro atoms. The lowest BCUT2D eigenvalue weighted by Gasteiger charge is -2.30. The summed E-state index contributed by atoms with van der Waals surface area (Å²) in [5.41, 5.74) is 0. The second-order valence-corrected chi connectivity index (χ2v) is 4.76. The zero-order chi connectivity index (χ0) is 11.7. The number of hydrogen-bond acceptors (Lipinski definition) is 2. The fourth-order valence-electron chi connectivity index (χ4n) is 1.72. The second kappa shape index (κ2) is 9.17. The molecule has 2 nitrogen and oxygen atoms in total. The topological polar surface area (TPSA) is 15.3 Å². The summed E-state index contributed by atoms with van der Waals surface area (Å²) in [4.78, 5) is 2.49. The molecule has 0 saturated carbocycles. The van der Waals surface area contributed by atoms with Gasteiger partial charge in [0.15, 0.2) is 0 Å². The Hall–Kier alpha value is -0.0800. The SMILES string of the molecule is CCCCN(C)C(C)C(C)CNCCC. The van der Waals surface area contributed by atoms with E-state index < -0.39 is 0 Å². The molecule has 2 unspecified atom stereocenters. The summed E-state index contributed by atoms with van der Waals surface area (Å²) in [5, 5.41) is 3.50. The first-order valence-electron chi connectivity index (χ1n) is 6.54. The zero-order valence-electron chi connectivity index (χ0n) is 11.3. The van der Waals surface area contributed by atoms with E-state index in [9.17, 15) is 0 Å². The molecule has 0 heterocycles. The van der Waals surface area contributed by atoms with Gasteiger partial charge in [0, 0.05) is 6.04 Å². The van der Waals surface area contributed by atoms with Gasteiger partial charge in [-0.3, -0.25) is 0 Å². The molecule has 0 fully saturated rings. The van der Waals surface area contributed by atoms with E-state index in [1.807, 2.05) is 0 Å². The van der Waals surface area contributed by atoms with Gasteiger partial charge in [0.25, 0.3) is 0 Å². The van der Waals surface area contributed by atoms with Crippen molar-refractivity contribution in [2.24, 2.45) is 5.92 Å². The Bertz CT molecular complexity index is 136. The highest BCUT2D eigenvalue weighted by Gasteiger charge is 2.15. The van der Waals surface area contributed by atoms with E-state index in [0.717, 1.165) is 19.0 Å². The van der Waals surface area contributed by atoms with E-state index >= 15 is 0 Å². The molecule has 0 bridgehead atoms. The monoisotopic (exact) mass is 214 g/mol. The van der Waals surface area contributed by atoms with E-state index in [-0.39, 0.29) is 0 Å². The lowest BCUT2D eigenvalue weighted by Crippen LogP contribution is -2.39. The van der Waals surface area contributed by atoms with Crippen LogP contribution in [-0.2, 0) is 0 Å². The predicted molar refractivity (Wildman–Crippen MR) is 69.3 cm³/mol. The summed E-state index contributed by atoms with van der Waals surface area (Å²) in [6.45, 7) is 12.7. The molecule has 0 aromatic heterocycles. The molecular weight excluding hydrogens is 184 g/mol. The van der Waals surface area contributed by atoms with Crippen molar-refractivity contribution in [2.45, 2.75) is 53.0 Å². The van der Waals surface area contributed by atoms with Crippen molar-refractivity contribution in [3.63, 3.8) is 0 Å². The third-order valence-corrected chi connectivity index (χ3v) is 3.28. The molecule has 0 aromatic carbocycles. The molecule has 0 aliphatic heterocycles. The zero-order valence-corrected chi connectivity index (χ0v) is 11.3. The molecule has 0 aliphatic carbocycles. The third-order valence-electron chi connectivity index (χ3n) is 3.28. The van der Waals surface area contributed by atoms with Crippen LogP contribution in [0.5, 0.6) is 0 Å². The first kappa shape index (κ1) is 14.9. The van der Waals surface area contributed by atoms with Crippen LogP contribution in [0.4, 0.5) is 0 Å². The highest BCUT2D eigenvalue weighted by Crippen LogP contribution is 2.09. The minimum Gasteiger partial charge on any atom is -0.316 e. The summed E-state index contributed by atoms with van der Waals surface area (Å²) in [7, 11) is 2.25. The molecule has 0 aromatic rings. The first-order valence-corrected chi connectivity index (χ1v) is 6.54. The maximum atomic E-state index is 3.50. The summed E-state index contributed by atoms with van der Waals surface area (Å²) in [6, 6.07) is 0.681. The van der Waals surface area contributed by atoms with Gasteiger partial charge in [0.1, 0.15) is 0 Å². The van der Waals surface area contributed by atoms with Crippen LogP contribution < -0.4 is 5.32 Å².